The maximum absolute atomic E-state index is 3.55. The Hall–Kier alpha value is -0.860. The van der Waals surface area contributed by atoms with E-state index in [1.54, 1.807) is 0 Å². The Morgan fingerprint density at radius 3 is 2.53 bits per heavy atom. The molecule has 0 aliphatic heterocycles. The third-order valence-corrected chi connectivity index (χ3v) is 3.53. The van der Waals surface area contributed by atoms with Gasteiger partial charge in [-0.05, 0) is 57.7 Å². The maximum atomic E-state index is 3.55. The number of hydrogen-bond acceptors (Lipinski definition) is 2. The first-order valence-electron chi connectivity index (χ1n) is 7.44. The molecule has 1 aromatic rings. The van der Waals surface area contributed by atoms with Crippen LogP contribution in [-0.4, -0.2) is 24.0 Å². The molecule has 0 atom stereocenters. The average Bonchev–Trinajstić information content (AvgIpc) is 3.09. The van der Waals surface area contributed by atoms with Gasteiger partial charge in [-0.2, -0.15) is 0 Å². The Bertz CT molecular complexity index is 402. The molecular formula is C17H28N2. The van der Waals surface area contributed by atoms with Crippen LogP contribution in [0.3, 0.4) is 0 Å². The fourth-order valence-electron chi connectivity index (χ4n) is 2.32. The van der Waals surface area contributed by atoms with Gasteiger partial charge in [0.25, 0.3) is 0 Å². The molecule has 2 heteroatoms. The van der Waals surface area contributed by atoms with Crippen molar-refractivity contribution in [3.8, 4) is 0 Å². The Morgan fingerprint density at radius 2 is 1.89 bits per heavy atom. The van der Waals surface area contributed by atoms with E-state index in [4.69, 9.17) is 0 Å². The second-order valence-corrected chi connectivity index (χ2v) is 7.06. The zero-order chi connectivity index (χ0) is 13.9. The smallest absolute Gasteiger partial charge is 0.0230 e. The third kappa shape index (κ3) is 5.75. The van der Waals surface area contributed by atoms with Crippen molar-refractivity contribution >= 4 is 0 Å². The summed E-state index contributed by atoms with van der Waals surface area (Å²) in [6.07, 6.45) is 2.86. The molecule has 19 heavy (non-hydrogen) atoms. The molecule has 0 radical (unpaired) electrons. The number of nitrogens with one attached hydrogen (secondary N) is 1. The molecule has 1 aliphatic rings. The molecule has 1 N–H and O–H groups in total. The first-order chi connectivity index (χ1) is 8.92. The molecule has 0 amide bonds. The van der Waals surface area contributed by atoms with E-state index in [2.05, 4.69) is 62.3 Å². The standard InChI is InChI=1S/C17H28N2/c1-17(2,3)18-11-15-6-5-7-16(10-15)13-19(4)12-14-8-9-14/h5-7,10,14,18H,8-9,11-13H2,1-4H3. The summed E-state index contributed by atoms with van der Waals surface area (Å²) in [5, 5.41) is 3.55. The predicted octanol–water partition coefficient (Wildman–Crippen LogP) is 3.42. The highest BCUT2D eigenvalue weighted by atomic mass is 15.1. The van der Waals surface area contributed by atoms with Gasteiger partial charge in [-0.3, -0.25) is 0 Å². The van der Waals surface area contributed by atoms with Crippen LogP contribution in [0, 0.1) is 5.92 Å². The van der Waals surface area contributed by atoms with Gasteiger partial charge in [0.05, 0.1) is 0 Å². The lowest BCUT2D eigenvalue weighted by Gasteiger charge is -2.21. The quantitative estimate of drug-likeness (QED) is 0.843. The summed E-state index contributed by atoms with van der Waals surface area (Å²) < 4.78 is 0. The molecule has 1 aliphatic carbocycles. The van der Waals surface area contributed by atoms with Crippen LogP contribution in [0.2, 0.25) is 0 Å². The molecular weight excluding hydrogens is 232 g/mol. The molecule has 1 fully saturated rings. The van der Waals surface area contributed by atoms with Crippen molar-refractivity contribution in [2.24, 2.45) is 5.92 Å². The molecule has 106 valence electrons. The zero-order valence-corrected chi connectivity index (χ0v) is 12.9. The molecule has 2 nitrogen and oxygen atoms in total. The van der Waals surface area contributed by atoms with E-state index in [1.165, 1.54) is 30.5 Å². The SMILES string of the molecule is CN(Cc1cccc(CNC(C)(C)C)c1)CC1CC1. The van der Waals surface area contributed by atoms with Gasteiger partial charge in [-0.25, -0.2) is 0 Å². The van der Waals surface area contributed by atoms with Crippen molar-refractivity contribution in [2.75, 3.05) is 13.6 Å². The fourth-order valence-corrected chi connectivity index (χ4v) is 2.32. The summed E-state index contributed by atoms with van der Waals surface area (Å²) in [6.45, 7) is 9.90. The summed E-state index contributed by atoms with van der Waals surface area (Å²) in [5.41, 5.74) is 2.99. The lowest BCUT2D eigenvalue weighted by atomic mass is 10.1. The highest BCUT2D eigenvalue weighted by molar-refractivity contribution is 5.23. The molecule has 1 saturated carbocycles. The number of rotatable bonds is 6. The topological polar surface area (TPSA) is 15.3 Å². The van der Waals surface area contributed by atoms with Crippen LogP contribution in [0.1, 0.15) is 44.7 Å². The van der Waals surface area contributed by atoms with Gasteiger partial charge >= 0.3 is 0 Å². The van der Waals surface area contributed by atoms with Crippen LogP contribution >= 0.6 is 0 Å². The third-order valence-electron chi connectivity index (χ3n) is 3.53. The Labute approximate surface area is 118 Å². The minimum atomic E-state index is 0.179. The van der Waals surface area contributed by atoms with E-state index < -0.39 is 0 Å². The van der Waals surface area contributed by atoms with Crippen LogP contribution in [0.25, 0.3) is 0 Å². The zero-order valence-electron chi connectivity index (χ0n) is 12.9. The monoisotopic (exact) mass is 260 g/mol. The van der Waals surface area contributed by atoms with E-state index in [9.17, 15) is 0 Å². The molecule has 1 aromatic carbocycles. The van der Waals surface area contributed by atoms with Gasteiger partial charge < -0.3 is 10.2 Å². The number of benzene rings is 1. The van der Waals surface area contributed by atoms with Gasteiger partial charge in [0.15, 0.2) is 0 Å². The predicted molar refractivity (Wildman–Crippen MR) is 82.1 cm³/mol. The minimum absolute atomic E-state index is 0.179. The van der Waals surface area contributed by atoms with E-state index >= 15 is 0 Å². The molecule has 0 spiro atoms. The second-order valence-electron chi connectivity index (χ2n) is 7.06. The highest BCUT2D eigenvalue weighted by Crippen LogP contribution is 2.29. The van der Waals surface area contributed by atoms with E-state index in [0.29, 0.717) is 0 Å². The molecule has 0 heterocycles. The maximum Gasteiger partial charge on any atom is 0.0230 e. The summed E-state index contributed by atoms with van der Waals surface area (Å²) in [7, 11) is 2.23. The Morgan fingerprint density at radius 1 is 1.21 bits per heavy atom. The first-order valence-corrected chi connectivity index (χ1v) is 7.44. The normalized spacial score (nSPS) is 16.1. The van der Waals surface area contributed by atoms with Crippen molar-refractivity contribution in [1.29, 1.82) is 0 Å². The van der Waals surface area contributed by atoms with Crippen molar-refractivity contribution in [3.63, 3.8) is 0 Å². The molecule has 0 saturated heterocycles. The van der Waals surface area contributed by atoms with Gasteiger partial charge in [0, 0.05) is 25.2 Å². The Balaban J connectivity index is 1.86. The summed E-state index contributed by atoms with van der Waals surface area (Å²) in [4.78, 5) is 2.45. The average molecular weight is 260 g/mol. The molecule has 0 aromatic heterocycles. The van der Waals surface area contributed by atoms with Crippen molar-refractivity contribution in [3.05, 3.63) is 35.4 Å². The van der Waals surface area contributed by atoms with E-state index in [0.717, 1.165) is 19.0 Å². The summed E-state index contributed by atoms with van der Waals surface area (Å²) in [5.74, 6) is 0.968. The first kappa shape index (κ1) is 14.5. The summed E-state index contributed by atoms with van der Waals surface area (Å²) >= 11 is 0. The van der Waals surface area contributed by atoms with Gasteiger partial charge in [-0.1, -0.05) is 24.3 Å². The Kier molecular flexibility index (Phi) is 4.64. The van der Waals surface area contributed by atoms with Crippen LogP contribution in [0.5, 0.6) is 0 Å². The van der Waals surface area contributed by atoms with Crippen LogP contribution in [-0.2, 0) is 13.1 Å². The summed E-state index contributed by atoms with van der Waals surface area (Å²) in [6, 6.07) is 8.97. The molecule has 2 rings (SSSR count). The highest BCUT2D eigenvalue weighted by Gasteiger charge is 2.22. The van der Waals surface area contributed by atoms with Gasteiger partial charge in [0.1, 0.15) is 0 Å². The van der Waals surface area contributed by atoms with Crippen molar-refractivity contribution < 1.29 is 0 Å². The number of nitrogens with zero attached hydrogens (tertiary/aromatic N) is 1. The van der Waals surface area contributed by atoms with Crippen LogP contribution in [0.15, 0.2) is 24.3 Å². The van der Waals surface area contributed by atoms with Gasteiger partial charge in [0.2, 0.25) is 0 Å². The van der Waals surface area contributed by atoms with Crippen molar-refractivity contribution in [2.45, 2.75) is 52.2 Å². The van der Waals surface area contributed by atoms with Crippen LogP contribution < -0.4 is 5.32 Å². The van der Waals surface area contributed by atoms with E-state index in [1.807, 2.05) is 0 Å². The fraction of sp³-hybridized carbons (Fsp3) is 0.647. The minimum Gasteiger partial charge on any atom is -0.308 e. The molecule has 0 bridgehead atoms. The molecule has 0 unspecified atom stereocenters. The van der Waals surface area contributed by atoms with Gasteiger partial charge in [-0.15, -0.1) is 0 Å². The lowest BCUT2D eigenvalue weighted by molar-refractivity contribution is 0.313. The van der Waals surface area contributed by atoms with Crippen LogP contribution in [0.4, 0.5) is 0 Å². The van der Waals surface area contributed by atoms with Crippen molar-refractivity contribution in [1.82, 2.24) is 10.2 Å². The second kappa shape index (κ2) is 6.06. The lowest BCUT2D eigenvalue weighted by Crippen LogP contribution is -2.35. The number of hydrogen-bond donors (Lipinski definition) is 1. The van der Waals surface area contributed by atoms with E-state index in [-0.39, 0.29) is 5.54 Å². The largest absolute Gasteiger partial charge is 0.308 e.